The second kappa shape index (κ2) is 6.54. The van der Waals surface area contributed by atoms with Crippen LogP contribution in [-0.2, 0) is 22.6 Å². The summed E-state index contributed by atoms with van der Waals surface area (Å²) in [6.07, 6.45) is 7.01. The van der Waals surface area contributed by atoms with E-state index in [1.807, 2.05) is 17.7 Å². The lowest BCUT2D eigenvalue weighted by Crippen LogP contribution is -2.52. The van der Waals surface area contributed by atoms with Crippen LogP contribution in [0.5, 0.6) is 0 Å². The first-order chi connectivity index (χ1) is 9.67. The van der Waals surface area contributed by atoms with Crippen LogP contribution in [0.4, 0.5) is 0 Å². The summed E-state index contributed by atoms with van der Waals surface area (Å²) in [5, 5.41) is 2.65. The molecule has 0 saturated carbocycles. The molecule has 0 unspecified atom stereocenters. The van der Waals surface area contributed by atoms with E-state index in [0.717, 1.165) is 31.5 Å². The van der Waals surface area contributed by atoms with Crippen LogP contribution in [-0.4, -0.2) is 45.9 Å². The summed E-state index contributed by atoms with van der Waals surface area (Å²) < 4.78 is 1.86. The number of rotatable bonds is 4. The van der Waals surface area contributed by atoms with E-state index in [9.17, 15) is 9.59 Å². The van der Waals surface area contributed by atoms with Gasteiger partial charge in [-0.05, 0) is 19.3 Å². The van der Waals surface area contributed by atoms with Crippen LogP contribution in [0.3, 0.4) is 0 Å². The maximum atomic E-state index is 12.5. The van der Waals surface area contributed by atoms with Crippen LogP contribution in [0, 0.1) is 0 Å². The molecular formula is C14H22N4O2. The summed E-state index contributed by atoms with van der Waals surface area (Å²) in [5.41, 5.74) is 0. The SMILES string of the molecule is CCc1nccn1CC(=O)N1CCCC[C@H]1C(=O)NC. The number of hydrogen-bond donors (Lipinski definition) is 1. The van der Waals surface area contributed by atoms with Gasteiger partial charge in [0.25, 0.3) is 0 Å². The van der Waals surface area contributed by atoms with Gasteiger partial charge < -0.3 is 14.8 Å². The lowest BCUT2D eigenvalue weighted by molar-refractivity contribution is -0.142. The summed E-state index contributed by atoms with van der Waals surface area (Å²) >= 11 is 0. The maximum absolute atomic E-state index is 12.5. The number of imidazole rings is 1. The van der Waals surface area contributed by atoms with Gasteiger partial charge in [0.15, 0.2) is 0 Å². The minimum absolute atomic E-state index is 0.00833. The van der Waals surface area contributed by atoms with Gasteiger partial charge in [0.05, 0.1) is 0 Å². The fraction of sp³-hybridized carbons (Fsp3) is 0.643. The van der Waals surface area contributed by atoms with Crippen molar-refractivity contribution >= 4 is 11.8 Å². The van der Waals surface area contributed by atoms with Crippen LogP contribution in [0.2, 0.25) is 0 Å². The van der Waals surface area contributed by atoms with E-state index in [4.69, 9.17) is 0 Å². The Morgan fingerprint density at radius 3 is 2.95 bits per heavy atom. The molecule has 2 rings (SSSR count). The summed E-state index contributed by atoms with van der Waals surface area (Å²) in [5.74, 6) is 0.817. The number of aromatic nitrogens is 2. The Labute approximate surface area is 119 Å². The molecule has 20 heavy (non-hydrogen) atoms. The molecule has 2 amide bonds. The standard InChI is InChI=1S/C14H22N4O2/c1-3-12-16-7-9-17(12)10-13(19)18-8-5-4-6-11(18)14(20)15-2/h7,9,11H,3-6,8,10H2,1-2H3,(H,15,20)/t11-/m0/s1. The number of carbonyl (C=O) groups excluding carboxylic acids is 2. The van der Waals surface area contributed by atoms with E-state index in [0.29, 0.717) is 6.54 Å². The number of likely N-dealkylation sites (N-methyl/N-ethyl adjacent to an activating group) is 1. The molecule has 0 radical (unpaired) electrons. The highest BCUT2D eigenvalue weighted by Crippen LogP contribution is 2.18. The van der Waals surface area contributed by atoms with Gasteiger partial charge in [-0.15, -0.1) is 0 Å². The van der Waals surface area contributed by atoms with E-state index < -0.39 is 0 Å². The predicted molar refractivity (Wildman–Crippen MR) is 75.0 cm³/mol. The molecule has 1 aromatic heterocycles. The van der Waals surface area contributed by atoms with Crippen molar-refractivity contribution in [1.29, 1.82) is 0 Å². The minimum atomic E-state index is -0.324. The molecule has 1 aromatic rings. The van der Waals surface area contributed by atoms with E-state index >= 15 is 0 Å². The van der Waals surface area contributed by atoms with Gasteiger partial charge in [0.1, 0.15) is 18.4 Å². The first-order valence-corrected chi connectivity index (χ1v) is 7.18. The van der Waals surface area contributed by atoms with Gasteiger partial charge >= 0.3 is 0 Å². The number of hydrogen-bond acceptors (Lipinski definition) is 3. The summed E-state index contributed by atoms with van der Waals surface area (Å²) in [6.45, 7) is 2.93. The zero-order valence-electron chi connectivity index (χ0n) is 12.1. The van der Waals surface area contributed by atoms with Crippen molar-refractivity contribution in [2.75, 3.05) is 13.6 Å². The second-order valence-electron chi connectivity index (χ2n) is 5.04. The van der Waals surface area contributed by atoms with Crippen molar-refractivity contribution in [2.45, 2.75) is 45.2 Å². The molecule has 2 heterocycles. The smallest absolute Gasteiger partial charge is 0.243 e. The van der Waals surface area contributed by atoms with Gasteiger partial charge in [0, 0.05) is 32.4 Å². The quantitative estimate of drug-likeness (QED) is 0.875. The van der Waals surface area contributed by atoms with Crippen molar-refractivity contribution < 1.29 is 9.59 Å². The van der Waals surface area contributed by atoms with Crippen LogP contribution in [0.15, 0.2) is 12.4 Å². The average molecular weight is 278 g/mol. The molecule has 0 aromatic carbocycles. The van der Waals surface area contributed by atoms with Gasteiger partial charge in [-0.3, -0.25) is 9.59 Å². The molecular weight excluding hydrogens is 256 g/mol. The Balaban J connectivity index is 2.08. The monoisotopic (exact) mass is 278 g/mol. The molecule has 1 N–H and O–H groups in total. The van der Waals surface area contributed by atoms with Crippen molar-refractivity contribution in [2.24, 2.45) is 0 Å². The maximum Gasteiger partial charge on any atom is 0.243 e. The number of aryl methyl sites for hydroxylation is 1. The summed E-state index contributed by atoms with van der Waals surface area (Å²) in [6, 6.07) is -0.324. The largest absolute Gasteiger partial charge is 0.357 e. The van der Waals surface area contributed by atoms with E-state index in [-0.39, 0.29) is 24.4 Å². The van der Waals surface area contributed by atoms with Crippen LogP contribution >= 0.6 is 0 Å². The van der Waals surface area contributed by atoms with Crippen LogP contribution in [0.25, 0.3) is 0 Å². The van der Waals surface area contributed by atoms with Crippen molar-refractivity contribution in [3.63, 3.8) is 0 Å². The van der Waals surface area contributed by atoms with Crippen molar-refractivity contribution in [1.82, 2.24) is 19.8 Å². The van der Waals surface area contributed by atoms with Crippen molar-refractivity contribution in [3.8, 4) is 0 Å². The Morgan fingerprint density at radius 2 is 2.25 bits per heavy atom. The van der Waals surface area contributed by atoms with Gasteiger partial charge in [-0.1, -0.05) is 6.92 Å². The Hall–Kier alpha value is -1.85. The van der Waals surface area contributed by atoms with Gasteiger partial charge in [-0.25, -0.2) is 4.98 Å². The number of carbonyl (C=O) groups is 2. The van der Waals surface area contributed by atoms with Crippen LogP contribution in [0.1, 0.15) is 32.0 Å². The highest BCUT2D eigenvalue weighted by atomic mass is 16.2. The third kappa shape index (κ3) is 3.00. The average Bonchev–Trinajstić information content (AvgIpc) is 2.93. The number of nitrogens with zero attached hydrogens (tertiary/aromatic N) is 3. The number of nitrogens with one attached hydrogen (secondary N) is 1. The molecule has 1 aliphatic heterocycles. The first-order valence-electron chi connectivity index (χ1n) is 7.18. The predicted octanol–water partition coefficient (Wildman–Crippen LogP) is 0.573. The lowest BCUT2D eigenvalue weighted by atomic mass is 10.0. The third-order valence-corrected chi connectivity index (χ3v) is 3.80. The lowest BCUT2D eigenvalue weighted by Gasteiger charge is -2.34. The third-order valence-electron chi connectivity index (χ3n) is 3.80. The number of amides is 2. The molecule has 1 saturated heterocycles. The van der Waals surface area contributed by atoms with Crippen LogP contribution < -0.4 is 5.32 Å². The molecule has 0 aliphatic carbocycles. The normalized spacial score (nSPS) is 18.9. The van der Waals surface area contributed by atoms with Crippen molar-refractivity contribution in [3.05, 3.63) is 18.2 Å². The fourth-order valence-corrected chi connectivity index (χ4v) is 2.70. The van der Waals surface area contributed by atoms with Gasteiger partial charge in [0.2, 0.25) is 11.8 Å². The number of likely N-dealkylation sites (tertiary alicyclic amines) is 1. The first kappa shape index (κ1) is 14.6. The summed E-state index contributed by atoms with van der Waals surface area (Å²) in [4.78, 5) is 30.3. The molecule has 1 fully saturated rings. The molecule has 0 bridgehead atoms. The highest BCUT2D eigenvalue weighted by molar-refractivity contribution is 5.87. The molecule has 0 spiro atoms. The Bertz CT molecular complexity index is 483. The molecule has 6 heteroatoms. The number of piperidine rings is 1. The molecule has 6 nitrogen and oxygen atoms in total. The van der Waals surface area contributed by atoms with E-state index in [1.54, 1.807) is 18.1 Å². The molecule has 1 aliphatic rings. The Kier molecular flexibility index (Phi) is 4.76. The zero-order chi connectivity index (χ0) is 14.5. The molecule has 110 valence electrons. The molecule has 1 atom stereocenters. The second-order valence-corrected chi connectivity index (χ2v) is 5.04. The minimum Gasteiger partial charge on any atom is -0.357 e. The topological polar surface area (TPSA) is 67.2 Å². The van der Waals surface area contributed by atoms with Gasteiger partial charge in [-0.2, -0.15) is 0 Å². The highest BCUT2D eigenvalue weighted by Gasteiger charge is 2.31. The summed E-state index contributed by atoms with van der Waals surface area (Å²) in [7, 11) is 1.62. The zero-order valence-corrected chi connectivity index (χ0v) is 12.1. The Morgan fingerprint density at radius 1 is 1.45 bits per heavy atom. The van der Waals surface area contributed by atoms with E-state index in [2.05, 4.69) is 10.3 Å². The fourth-order valence-electron chi connectivity index (χ4n) is 2.70. The van der Waals surface area contributed by atoms with E-state index in [1.165, 1.54) is 0 Å².